The molecule has 0 atom stereocenters. The van der Waals surface area contributed by atoms with Crippen LogP contribution in [0.15, 0.2) is 24.3 Å². The molecule has 0 fully saturated rings. The third-order valence-corrected chi connectivity index (χ3v) is 5.48. The Morgan fingerprint density at radius 2 is 1.32 bits per heavy atom. The van der Waals surface area contributed by atoms with Crippen molar-refractivity contribution in [2.75, 3.05) is 0 Å². The van der Waals surface area contributed by atoms with Crippen molar-refractivity contribution in [3.8, 4) is 0 Å². The zero-order valence-corrected chi connectivity index (χ0v) is 17.5. The number of carbonyl (C=O) groups excluding carboxylic acids is 2. The Hall–Kier alpha value is -1.90. The molecule has 0 saturated carbocycles. The predicted octanol–water partition coefficient (Wildman–Crippen LogP) is 7.49. The highest BCUT2D eigenvalue weighted by atomic mass is 16.6. The second-order valence-electron chi connectivity index (χ2n) is 7.88. The van der Waals surface area contributed by atoms with Gasteiger partial charge in [0.2, 0.25) is 0 Å². The van der Waals surface area contributed by atoms with E-state index in [4.69, 9.17) is 0 Å². The van der Waals surface area contributed by atoms with Crippen molar-refractivity contribution in [2.45, 2.75) is 96.8 Å². The molecule has 0 unspecified atom stereocenters. The first-order valence-corrected chi connectivity index (χ1v) is 11.3. The van der Waals surface area contributed by atoms with Crippen molar-refractivity contribution >= 4 is 18.0 Å². The van der Waals surface area contributed by atoms with E-state index >= 15 is 0 Å². The highest BCUT2D eigenvalue weighted by Crippen LogP contribution is 2.24. The summed E-state index contributed by atoms with van der Waals surface area (Å²) in [6.45, 7) is 2.27. The van der Waals surface area contributed by atoms with Crippen LogP contribution in [-0.4, -0.2) is 11.9 Å². The van der Waals surface area contributed by atoms with E-state index in [1.165, 1.54) is 83.5 Å². The van der Waals surface area contributed by atoms with E-state index in [-0.39, 0.29) is 0 Å². The average Bonchev–Trinajstić information content (AvgIpc) is 2.99. The fourth-order valence-corrected chi connectivity index (χ4v) is 3.79. The summed E-state index contributed by atoms with van der Waals surface area (Å²) in [4.78, 5) is 23.4. The van der Waals surface area contributed by atoms with Gasteiger partial charge in [-0.2, -0.15) is 0 Å². The Balaban J connectivity index is 1.48. The summed E-state index contributed by atoms with van der Waals surface area (Å²) in [5.41, 5.74) is 1.57. The van der Waals surface area contributed by atoms with Gasteiger partial charge in [-0.3, -0.25) is 0 Å². The molecule has 3 heteroatoms. The van der Waals surface area contributed by atoms with E-state index in [1.807, 2.05) is 12.1 Å². The number of carbonyl (C=O) groups is 2. The fourth-order valence-electron chi connectivity index (χ4n) is 3.79. The topological polar surface area (TPSA) is 43.4 Å². The van der Waals surface area contributed by atoms with Gasteiger partial charge in [-0.05, 0) is 24.5 Å². The van der Waals surface area contributed by atoms with Gasteiger partial charge in [-0.25, -0.2) is 9.59 Å². The van der Waals surface area contributed by atoms with Crippen molar-refractivity contribution in [1.82, 2.24) is 0 Å². The monoisotopic (exact) mass is 384 g/mol. The molecular formula is C25H36O3. The van der Waals surface area contributed by atoms with Gasteiger partial charge in [0.25, 0.3) is 0 Å². The smallest absolute Gasteiger partial charge is 0.347 e. The van der Waals surface area contributed by atoms with Gasteiger partial charge >= 0.3 is 11.9 Å². The molecule has 0 bridgehead atoms. The molecule has 0 aliphatic carbocycles. The molecule has 1 aliphatic rings. The van der Waals surface area contributed by atoms with Crippen molar-refractivity contribution in [1.29, 1.82) is 0 Å². The molecule has 1 aromatic rings. The molecule has 1 aliphatic heterocycles. The zero-order valence-electron chi connectivity index (χ0n) is 17.5. The van der Waals surface area contributed by atoms with Crippen LogP contribution in [-0.2, 0) is 4.74 Å². The molecule has 0 spiro atoms. The van der Waals surface area contributed by atoms with Gasteiger partial charge in [-0.1, -0.05) is 108 Å². The van der Waals surface area contributed by atoms with Crippen LogP contribution in [0.25, 0.3) is 6.08 Å². The first-order valence-electron chi connectivity index (χ1n) is 11.3. The second kappa shape index (κ2) is 13.3. The normalized spacial score (nSPS) is 13.3. The Morgan fingerprint density at radius 3 is 1.93 bits per heavy atom. The van der Waals surface area contributed by atoms with E-state index in [0.717, 1.165) is 12.0 Å². The van der Waals surface area contributed by atoms with E-state index in [2.05, 4.69) is 17.7 Å². The van der Waals surface area contributed by atoms with Crippen molar-refractivity contribution in [3.05, 3.63) is 41.0 Å². The molecule has 1 heterocycles. The lowest BCUT2D eigenvalue weighted by atomic mass is 10.0. The number of hydrogen-bond donors (Lipinski definition) is 0. The lowest BCUT2D eigenvalue weighted by molar-refractivity contribution is 0.0443. The Labute approximate surface area is 170 Å². The van der Waals surface area contributed by atoms with Gasteiger partial charge in [0.1, 0.15) is 0 Å². The van der Waals surface area contributed by atoms with E-state index in [1.54, 1.807) is 12.1 Å². The fraction of sp³-hybridized carbons (Fsp3) is 0.600. The van der Waals surface area contributed by atoms with Crippen LogP contribution in [0.1, 0.15) is 123 Å². The standard InChI is InChI=1S/C25H36O3/c1-2-3-4-5-6-7-8-9-10-11-12-13-14-15-16-18-21-19-17-20-22-23(21)25(27)28-24(22)26/h16-20H,2-15H2,1H3. The summed E-state index contributed by atoms with van der Waals surface area (Å²) in [6, 6.07) is 5.30. The molecule has 154 valence electrons. The molecule has 28 heavy (non-hydrogen) atoms. The Kier molecular flexibility index (Phi) is 10.6. The SMILES string of the molecule is CCCCCCCCCCCCCCCC=Cc1cccc2c1C(=O)OC2=O. The number of ether oxygens (including phenoxy) is 1. The minimum absolute atomic E-state index is 0.383. The third kappa shape index (κ3) is 7.61. The first kappa shape index (κ1) is 22.4. The largest absolute Gasteiger partial charge is 0.386 e. The van der Waals surface area contributed by atoms with Crippen LogP contribution in [0.4, 0.5) is 0 Å². The molecule has 3 nitrogen and oxygen atoms in total. The van der Waals surface area contributed by atoms with Crippen LogP contribution in [0.3, 0.4) is 0 Å². The summed E-state index contributed by atoms with van der Waals surface area (Å²) in [7, 11) is 0. The average molecular weight is 385 g/mol. The number of unbranched alkanes of at least 4 members (excludes halogenated alkanes) is 13. The van der Waals surface area contributed by atoms with Gasteiger partial charge in [0.05, 0.1) is 11.1 Å². The maximum atomic E-state index is 11.8. The Bertz CT molecular complexity index is 645. The highest BCUT2D eigenvalue weighted by molar-refractivity contribution is 6.16. The van der Waals surface area contributed by atoms with Crippen LogP contribution < -0.4 is 0 Å². The maximum Gasteiger partial charge on any atom is 0.347 e. The number of allylic oxidation sites excluding steroid dienone is 1. The van der Waals surface area contributed by atoms with Gasteiger partial charge in [-0.15, -0.1) is 0 Å². The summed E-state index contributed by atoms with van der Waals surface area (Å²) >= 11 is 0. The number of esters is 2. The van der Waals surface area contributed by atoms with Crippen LogP contribution in [0.2, 0.25) is 0 Å². The number of rotatable bonds is 15. The van der Waals surface area contributed by atoms with Crippen molar-refractivity contribution in [3.63, 3.8) is 0 Å². The van der Waals surface area contributed by atoms with Gasteiger partial charge < -0.3 is 4.74 Å². The summed E-state index contributed by atoms with van der Waals surface area (Å²) < 4.78 is 4.69. The number of benzene rings is 1. The van der Waals surface area contributed by atoms with Crippen LogP contribution in [0.5, 0.6) is 0 Å². The summed E-state index contributed by atoms with van der Waals surface area (Å²) in [5.74, 6) is -1.06. The molecule has 0 aromatic heterocycles. The van der Waals surface area contributed by atoms with E-state index < -0.39 is 11.9 Å². The summed E-state index contributed by atoms with van der Waals surface area (Å²) in [5, 5.41) is 0. The number of fused-ring (bicyclic) bond motifs is 1. The maximum absolute atomic E-state index is 11.8. The van der Waals surface area contributed by atoms with Gasteiger partial charge in [0.15, 0.2) is 0 Å². The molecule has 0 saturated heterocycles. The number of cyclic esters (lactones) is 2. The minimum Gasteiger partial charge on any atom is -0.386 e. The summed E-state index contributed by atoms with van der Waals surface area (Å²) in [6.07, 6.45) is 22.7. The van der Waals surface area contributed by atoms with Crippen LogP contribution >= 0.6 is 0 Å². The third-order valence-electron chi connectivity index (χ3n) is 5.48. The molecule has 0 amide bonds. The van der Waals surface area contributed by atoms with Gasteiger partial charge in [0, 0.05) is 0 Å². The Morgan fingerprint density at radius 1 is 0.750 bits per heavy atom. The molecule has 1 aromatic carbocycles. The second-order valence-corrected chi connectivity index (χ2v) is 7.88. The highest BCUT2D eigenvalue weighted by Gasteiger charge is 2.31. The lowest BCUT2D eigenvalue weighted by Crippen LogP contribution is -1.98. The van der Waals surface area contributed by atoms with Crippen molar-refractivity contribution in [2.24, 2.45) is 0 Å². The zero-order chi connectivity index (χ0) is 20.0. The van der Waals surface area contributed by atoms with E-state index in [0.29, 0.717) is 11.1 Å². The molecule has 0 radical (unpaired) electrons. The predicted molar refractivity (Wildman–Crippen MR) is 116 cm³/mol. The van der Waals surface area contributed by atoms with E-state index in [9.17, 15) is 9.59 Å². The first-order chi connectivity index (χ1) is 13.7. The molecule has 2 rings (SSSR count). The van der Waals surface area contributed by atoms with Crippen molar-refractivity contribution < 1.29 is 14.3 Å². The molecular weight excluding hydrogens is 348 g/mol. The number of hydrogen-bond acceptors (Lipinski definition) is 3. The lowest BCUT2D eigenvalue weighted by Gasteiger charge is -2.02. The van der Waals surface area contributed by atoms with Crippen LogP contribution in [0, 0.1) is 0 Å². The molecule has 0 N–H and O–H groups in total. The quantitative estimate of drug-likeness (QED) is 0.179. The minimum atomic E-state index is -0.535.